The molecular weight excluding hydrogens is 272 g/mol. The second-order valence-electron chi connectivity index (χ2n) is 4.65. The molecule has 0 amide bonds. The lowest BCUT2D eigenvalue weighted by Gasteiger charge is -2.10. The third kappa shape index (κ3) is 12.5. The van der Waals surface area contributed by atoms with E-state index in [1.54, 1.807) is 6.92 Å². The maximum atomic E-state index is 10.8. The Bertz CT molecular complexity index is 387. The number of rotatable bonds is 4. The van der Waals surface area contributed by atoms with E-state index in [1.807, 2.05) is 33.9 Å². The number of ketones is 1. The van der Waals surface area contributed by atoms with Gasteiger partial charge in [0.1, 0.15) is 5.78 Å². The van der Waals surface area contributed by atoms with Crippen molar-refractivity contribution in [3.05, 3.63) is 28.6 Å². The minimum Gasteiger partial charge on any atom is -0.304 e. The summed E-state index contributed by atoms with van der Waals surface area (Å²) in [5.74, 6) is 0.150. The molecule has 1 aromatic rings. The number of aromatic nitrogens is 1. The summed E-state index contributed by atoms with van der Waals surface area (Å²) in [6.45, 7) is 21.1. The van der Waals surface area contributed by atoms with Gasteiger partial charge in [-0.25, -0.2) is 0 Å². The Morgan fingerprint density at radius 1 is 1.05 bits per heavy atom. The second-order valence-corrected chi connectivity index (χ2v) is 4.65. The predicted octanol–water partition coefficient (Wildman–Crippen LogP) is 5.15. The van der Waals surface area contributed by atoms with Crippen molar-refractivity contribution in [1.82, 2.24) is 10.3 Å². The Hall–Kier alpha value is -1.22. The molecule has 22 heavy (non-hydrogen) atoms. The van der Waals surface area contributed by atoms with E-state index in [-0.39, 0.29) is 5.78 Å². The fourth-order valence-electron chi connectivity index (χ4n) is 1.42. The lowest BCUT2D eigenvalue weighted by Crippen LogP contribution is -2.21. The molecule has 0 saturated carbocycles. The molecule has 0 saturated heterocycles. The zero-order chi connectivity index (χ0) is 18.1. The number of nitrogens with zero attached hydrogens (tertiary/aromatic N) is 1. The summed E-state index contributed by atoms with van der Waals surface area (Å²) in [7, 11) is 0. The van der Waals surface area contributed by atoms with E-state index in [0.717, 1.165) is 5.69 Å². The number of aryl methyl sites for hydroxylation is 1. The lowest BCUT2D eigenvalue weighted by molar-refractivity contribution is -0.116. The zero-order valence-electron chi connectivity index (χ0n) is 16.6. The standard InChI is InChI=1S/C12H18N2O.C3H8.2C2H6/c1-8-5-14-12(11(4)10(8)3)7-13-6-9(2)15;1-3-2;2*1-2/h5,13H,6-7H2,1-4H3;3H2,1-2H3;2*1-2H3. The van der Waals surface area contributed by atoms with Gasteiger partial charge in [-0.15, -0.1) is 0 Å². The van der Waals surface area contributed by atoms with Crippen LogP contribution in [0.15, 0.2) is 6.20 Å². The van der Waals surface area contributed by atoms with Crippen molar-refractivity contribution in [2.45, 2.75) is 82.2 Å². The van der Waals surface area contributed by atoms with Crippen LogP contribution in [0.1, 0.15) is 77.3 Å². The minimum absolute atomic E-state index is 0.150. The van der Waals surface area contributed by atoms with Gasteiger partial charge in [0.15, 0.2) is 0 Å². The van der Waals surface area contributed by atoms with Crippen molar-refractivity contribution in [3.63, 3.8) is 0 Å². The van der Waals surface area contributed by atoms with Gasteiger partial charge in [-0.05, 0) is 44.4 Å². The van der Waals surface area contributed by atoms with Crippen LogP contribution in [0.5, 0.6) is 0 Å². The largest absolute Gasteiger partial charge is 0.304 e. The van der Waals surface area contributed by atoms with Crippen LogP contribution in [-0.4, -0.2) is 17.3 Å². The molecule has 0 aliphatic carbocycles. The Morgan fingerprint density at radius 2 is 1.50 bits per heavy atom. The SMILES string of the molecule is CC.CC.CC(=O)CNCc1ncc(C)c(C)c1C.CCC. The fraction of sp³-hybridized carbons (Fsp3) is 0.684. The summed E-state index contributed by atoms with van der Waals surface area (Å²) in [5.41, 5.74) is 4.73. The molecular formula is C19H38N2O. The summed E-state index contributed by atoms with van der Waals surface area (Å²) in [6.07, 6.45) is 3.13. The van der Waals surface area contributed by atoms with E-state index in [0.29, 0.717) is 13.1 Å². The summed E-state index contributed by atoms with van der Waals surface area (Å²) in [6, 6.07) is 0. The first kappa shape index (κ1) is 25.7. The van der Waals surface area contributed by atoms with Crippen LogP contribution < -0.4 is 5.32 Å². The highest BCUT2D eigenvalue weighted by Gasteiger charge is 2.04. The van der Waals surface area contributed by atoms with Crippen LogP contribution in [0.4, 0.5) is 0 Å². The van der Waals surface area contributed by atoms with E-state index in [9.17, 15) is 4.79 Å². The van der Waals surface area contributed by atoms with Gasteiger partial charge < -0.3 is 5.32 Å². The maximum absolute atomic E-state index is 10.8. The Balaban J connectivity index is -0.000000446. The van der Waals surface area contributed by atoms with Crippen LogP contribution in [0.2, 0.25) is 0 Å². The molecule has 0 radical (unpaired) electrons. The first-order chi connectivity index (χ1) is 10.4. The maximum Gasteiger partial charge on any atom is 0.143 e. The summed E-state index contributed by atoms with van der Waals surface area (Å²) in [5, 5.41) is 3.08. The third-order valence-corrected chi connectivity index (χ3v) is 2.67. The number of hydrogen-bond donors (Lipinski definition) is 1. The van der Waals surface area contributed by atoms with Crippen LogP contribution >= 0.6 is 0 Å². The van der Waals surface area contributed by atoms with Crippen molar-refractivity contribution >= 4 is 5.78 Å². The van der Waals surface area contributed by atoms with Gasteiger partial charge in [0, 0.05) is 12.7 Å². The molecule has 0 aromatic carbocycles. The minimum atomic E-state index is 0.150. The molecule has 1 heterocycles. The Morgan fingerprint density at radius 3 is 1.91 bits per heavy atom. The van der Waals surface area contributed by atoms with E-state index in [1.165, 1.54) is 23.1 Å². The number of pyridine rings is 1. The normalized spacial score (nSPS) is 8.45. The highest BCUT2D eigenvalue weighted by Crippen LogP contribution is 2.13. The van der Waals surface area contributed by atoms with E-state index in [2.05, 4.69) is 44.9 Å². The highest BCUT2D eigenvalue weighted by atomic mass is 16.1. The molecule has 1 aromatic heterocycles. The summed E-state index contributed by atoms with van der Waals surface area (Å²) < 4.78 is 0. The molecule has 0 aliphatic heterocycles. The number of carbonyl (C=O) groups excluding carboxylic acids is 1. The highest BCUT2D eigenvalue weighted by molar-refractivity contribution is 5.77. The monoisotopic (exact) mass is 310 g/mol. The average Bonchev–Trinajstić information content (AvgIpc) is 2.52. The lowest BCUT2D eigenvalue weighted by atomic mass is 10.0. The molecule has 0 aliphatic rings. The van der Waals surface area contributed by atoms with Crippen molar-refractivity contribution in [2.75, 3.05) is 6.54 Å². The molecule has 0 atom stereocenters. The summed E-state index contributed by atoms with van der Waals surface area (Å²) >= 11 is 0. The molecule has 1 rings (SSSR count). The van der Waals surface area contributed by atoms with Crippen LogP contribution in [0.25, 0.3) is 0 Å². The van der Waals surface area contributed by atoms with Gasteiger partial charge in [0.2, 0.25) is 0 Å². The zero-order valence-corrected chi connectivity index (χ0v) is 16.6. The van der Waals surface area contributed by atoms with Crippen molar-refractivity contribution < 1.29 is 4.79 Å². The molecule has 1 N–H and O–H groups in total. The van der Waals surface area contributed by atoms with Gasteiger partial charge in [-0.3, -0.25) is 9.78 Å². The summed E-state index contributed by atoms with van der Waals surface area (Å²) in [4.78, 5) is 15.1. The number of nitrogens with one attached hydrogen (secondary N) is 1. The van der Waals surface area contributed by atoms with Crippen molar-refractivity contribution in [2.24, 2.45) is 0 Å². The second kappa shape index (κ2) is 17.8. The van der Waals surface area contributed by atoms with Gasteiger partial charge in [0.25, 0.3) is 0 Å². The first-order valence-corrected chi connectivity index (χ1v) is 8.55. The molecule has 0 fully saturated rings. The van der Waals surface area contributed by atoms with E-state index >= 15 is 0 Å². The van der Waals surface area contributed by atoms with Crippen LogP contribution in [0.3, 0.4) is 0 Å². The van der Waals surface area contributed by atoms with Gasteiger partial charge in [0.05, 0.1) is 12.2 Å². The van der Waals surface area contributed by atoms with Crippen LogP contribution in [0, 0.1) is 20.8 Å². The molecule has 0 spiro atoms. The smallest absolute Gasteiger partial charge is 0.143 e. The van der Waals surface area contributed by atoms with Crippen molar-refractivity contribution in [3.8, 4) is 0 Å². The molecule has 0 unspecified atom stereocenters. The first-order valence-electron chi connectivity index (χ1n) is 8.55. The van der Waals surface area contributed by atoms with Crippen LogP contribution in [-0.2, 0) is 11.3 Å². The van der Waals surface area contributed by atoms with Crippen molar-refractivity contribution in [1.29, 1.82) is 0 Å². The van der Waals surface area contributed by atoms with Gasteiger partial charge in [-0.1, -0.05) is 48.0 Å². The number of hydrogen-bond acceptors (Lipinski definition) is 3. The van der Waals surface area contributed by atoms with Gasteiger partial charge >= 0.3 is 0 Å². The fourth-order valence-corrected chi connectivity index (χ4v) is 1.42. The molecule has 0 bridgehead atoms. The molecule has 130 valence electrons. The third-order valence-electron chi connectivity index (χ3n) is 2.67. The predicted molar refractivity (Wildman–Crippen MR) is 99.5 cm³/mol. The quantitative estimate of drug-likeness (QED) is 0.835. The molecule has 3 heteroatoms. The van der Waals surface area contributed by atoms with Gasteiger partial charge in [-0.2, -0.15) is 0 Å². The number of carbonyl (C=O) groups is 1. The van der Waals surface area contributed by atoms with E-state index in [4.69, 9.17) is 0 Å². The molecule has 3 nitrogen and oxygen atoms in total. The average molecular weight is 311 g/mol. The Kier molecular flexibility index (Phi) is 20.8. The number of Topliss-reactive ketones (excluding diaryl/α,β-unsaturated/α-hetero) is 1. The van der Waals surface area contributed by atoms with E-state index < -0.39 is 0 Å². The Labute approximate surface area is 138 Å². The topological polar surface area (TPSA) is 42.0 Å².